The minimum Gasteiger partial charge on any atom is -0.472 e. The van der Waals surface area contributed by atoms with Gasteiger partial charge in [0.15, 0.2) is 5.78 Å². The molecule has 0 radical (unpaired) electrons. The van der Waals surface area contributed by atoms with Crippen molar-refractivity contribution in [3.8, 4) is 17.2 Å². The van der Waals surface area contributed by atoms with Crippen molar-refractivity contribution in [3.05, 3.63) is 89.0 Å². The number of carbonyl (C=O) groups is 1. The lowest BCUT2D eigenvalue weighted by Gasteiger charge is -2.31. The van der Waals surface area contributed by atoms with Crippen molar-refractivity contribution < 1.29 is 27.6 Å². The predicted molar refractivity (Wildman–Crippen MR) is 122 cm³/mol. The zero-order valence-electron chi connectivity index (χ0n) is 18.8. The minimum absolute atomic E-state index is 0.191. The molecular formula is C26H22F3N3O3. The summed E-state index contributed by atoms with van der Waals surface area (Å²) in [5, 5.41) is 24.0. The maximum Gasteiger partial charge on any atom is 0.416 e. The van der Waals surface area contributed by atoms with Crippen LogP contribution in [0.1, 0.15) is 42.0 Å². The van der Waals surface area contributed by atoms with E-state index in [-0.39, 0.29) is 23.5 Å². The van der Waals surface area contributed by atoms with Gasteiger partial charge in [-0.2, -0.15) is 23.5 Å². The van der Waals surface area contributed by atoms with E-state index in [1.165, 1.54) is 31.7 Å². The van der Waals surface area contributed by atoms with Crippen LogP contribution in [0.4, 0.5) is 18.9 Å². The highest BCUT2D eigenvalue weighted by Crippen LogP contribution is 2.40. The average Bonchev–Trinajstić information content (AvgIpc) is 3.35. The van der Waals surface area contributed by atoms with E-state index in [1.807, 2.05) is 0 Å². The van der Waals surface area contributed by atoms with E-state index < -0.39 is 17.8 Å². The number of Topliss-reactive ketones (excluding diaryl/α,β-unsaturated/α-hetero) is 1. The molecule has 0 bridgehead atoms. The van der Waals surface area contributed by atoms with Crippen LogP contribution in [0.15, 0.2) is 76.7 Å². The minimum atomic E-state index is -4.51. The Morgan fingerprint density at radius 3 is 2.63 bits per heavy atom. The average molecular weight is 481 g/mol. The van der Waals surface area contributed by atoms with Gasteiger partial charge in [0.25, 0.3) is 0 Å². The summed E-state index contributed by atoms with van der Waals surface area (Å²) in [5.41, 5.74) is 2.25. The Morgan fingerprint density at radius 2 is 1.97 bits per heavy atom. The van der Waals surface area contributed by atoms with E-state index in [2.05, 4.69) is 11.4 Å². The third-order valence-corrected chi connectivity index (χ3v) is 5.90. The van der Waals surface area contributed by atoms with E-state index in [0.717, 1.165) is 17.2 Å². The van der Waals surface area contributed by atoms with Crippen molar-refractivity contribution in [2.75, 3.05) is 12.4 Å². The van der Waals surface area contributed by atoms with Gasteiger partial charge in [-0.25, -0.2) is 0 Å². The van der Waals surface area contributed by atoms with Gasteiger partial charge in [-0.15, -0.1) is 0 Å². The van der Waals surface area contributed by atoms with Crippen LogP contribution in [0.5, 0.6) is 0 Å². The van der Waals surface area contributed by atoms with E-state index in [0.29, 0.717) is 40.8 Å². The number of nitrogens with zero attached hydrogens (tertiary/aromatic N) is 2. The number of alkyl halides is 3. The van der Waals surface area contributed by atoms with Crippen LogP contribution < -0.4 is 5.32 Å². The lowest BCUT2D eigenvalue weighted by molar-refractivity contribution is -0.137. The van der Waals surface area contributed by atoms with Crippen LogP contribution in [0, 0.1) is 11.3 Å². The Morgan fingerprint density at radius 1 is 1.17 bits per heavy atom. The number of anilines is 1. The molecule has 1 aliphatic rings. The molecule has 6 nitrogen and oxygen atoms in total. The van der Waals surface area contributed by atoms with Gasteiger partial charge in [-0.3, -0.25) is 4.79 Å². The Hall–Kier alpha value is -3.87. The second-order valence-electron chi connectivity index (χ2n) is 8.27. The van der Waals surface area contributed by atoms with Crippen molar-refractivity contribution in [3.63, 3.8) is 0 Å². The molecule has 4 rings (SSSR count). The lowest BCUT2D eigenvalue weighted by atomic mass is 9.83. The van der Waals surface area contributed by atoms with E-state index in [9.17, 15) is 28.4 Å². The van der Waals surface area contributed by atoms with E-state index in [1.54, 1.807) is 24.3 Å². The highest BCUT2D eigenvalue weighted by atomic mass is 19.4. The van der Waals surface area contributed by atoms with Gasteiger partial charge in [0.1, 0.15) is 0 Å². The molecule has 0 aliphatic heterocycles. The van der Waals surface area contributed by atoms with Crippen molar-refractivity contribution in [2.24, 2.45) is 0 Å². The first-order valence-corrected chi connectivity index (χ1v) is 10.9. The zero-order valence-corrected chi connectivity index (χ0v) is 18.8. The second kappa shape index (κ2) is 9.78. The smallest absolute Gasteiger partial charge is 0.416 e. The molecule has 2 aromatic carbocycles. The molecule has 0 saturated heterocycles. The summed E-state index contributed by atoms with van der Waals surface area (Å²) in [6.07, 6.45) is -0.362. The molecule has 1 aliphatic carbocycles. The summed E-state index contributed by atoms with van der Waals surface area (Å²) >= 11 is 0. The molecule has 1 aromatic heterocycles. The molecule has 3 aromatic rings. The number of nitriles is 1. The van der Waals surface area contributed by atoms with Crippen LogP contribution >= 0.6 is 0 Å². The van der Waals surface area contributed by atoms with Crippen LogP contribution in [0.2, 0.25) is 0 Å². The summed E-state index contributed by atoms with van der Waals surface area (Å²) in [5.74, 6) is -0.223. The summed E-state index contributed by atoms with van der Waals surface area (Å²) in [7, 11) is 1.40. The van der Waals surface area contributed by atoms with Crippen LogP contribution in [0.25, 0.3) is 11.1 Å². The molecule has 0 amide bonds. The van der Waals surface area contributed by atoms with Gasteiger partial charge in [-0.05, 0) is 60.4 Å². The van der Waals surface area contributed by atoms with Crippen LogP contribution in [-0.2, 0) is 11.0 Å². The first-order valence-electron chi connectivity index (χ1n) is 10.9. The third kappa shape index (κ3) is 5.14. The number of rotatable bonds is 6. The van der Waals surface area contributed by atoms with Crippen LogP contribution in [0.3, 0.4) is 0 Å². The molecule has 9 heteroatoms. The molecule has 0 saturated carbocycles. The summed E-state index contributed by atoms with van der Waals surface area (Å²) < 4.78 is 44.9. The molecular weight excluding hydrogens is 459 g/mol. The van der Waals surface area contributed by atoms with Crippen LogP contribution in [-0.4, -0.2) is 23.1 Å². The highest BCUT2D eigenvalue weighted by Gasteiger charge is 2.34. The SMILES string of the molecule is CN(O)C(C1=C(Nc2cccc(C(F)(F)F)c2)CCCC1=O)c1ccc(C#N)cc1-c1ccoc1. The Balaban J connectivity index is 1.85. The summed E-state index contributed by atoms with van der Waals surface area (Å²) in [6, 6.07) is 12.5. The monoisotopic (exact) mass is 481 g/mol. The number of furan rings is 1. The van der Waals surface area contributed by atoms with Gasteiger partial charge in [0.2, 0.25) is 0 Å². The number of hydroxylamine groups is 2. The van der Waals surface area contributed by atoms with Crippen molar-refractivity contribution in [1.29, 1.82) is 5.26 Å². The van der Waals surface area contributed by atoms with Crippen molar-refractivity contribution in [1.82, 2.24) is 5.06 Å². The number of nitrogens with one attached hydrogen (secondary N) is 1. The molecule has 1 heterocycles. The molecule has 2 N–H and O–H groups in total. The normalized spacial score (nSPS) is 15.3. The number of benzene rings is 2. The lowest BCUT2D eigenvalue weighted by Crippen LogP contribution is -2.30. The van der Waals surface area contributed by atoms with Gasteiger partial charge >= 0.3 is 6.18 Å². The van der Waals surface area contributed by atoms with Gasteiger partial charge < -0.3 is 14.9 Å². The topological polar surface area (TPSA) is 89.5 Å². The highest BCUT2D eigenvalue weighted by molar-refractivity contribution is 5.99. The number of likely N-dealkylation sites (N-methyl/N-ethyl adjacent to an activating group) is 1. The maximum absolute atomic E-state index is 13.2. The summed E-state index contributed by atoms with van der Waals surface area (Å²) in [6.45, 7) is 0. The quantitative estimate of drug-likeness (QED) is 0.401. The number of hydrogen-bond donors (Lipinski definition) is 2. The van der Waals surface area contributed by atoms with Crippen molar-refractivity contribution >= 4 is 11.5 Å². The number of halogens is 3. The zero-order chi connectivity index (χ0) is 25.2. The molecule has 0 fully saturated rings. The largest absolute Gasteiger partial charge is 0.472 e. The Labute approximate surface area is 199 Å². The molecule has 1 atom stereocenters. The molecule has 1 unspecified atom stereocenters. The van der Waals surface area contributed by atoms with Gasteiger partial charge in [-0.1, -0.05) is 12.1 Å². The fraction of sp³-hybridized carbons (Fsp3) is 0.231. The van der Waals surface area contributed by atoms with Gasteiger partial charge in [0.05, 0.1) is 35.8 Å². The Kier molecular flexibility index (Phi) is 6.78. The van der Waals surface area contributed by atoms with Crippen molar-refractivity contribution in [2.45, 2.75) is 31.5 Å². The number of allylic oxidation sites excluding steroid dienone is 1. The Bertz CT molecular complexity index is 1310. The third-order valence-electron chi connectivity index (χ3n) is 5.90. The fourth-order valence-electron chi connectivity index (χ4n) is 4.33. The standard InChI is InChI=1S/C26H22F3N3O3/c1-32(34)25(20-9-8-16(14-30)12-21(20)17-10-11-35-15-17)24-22(6-3-7-23(24)33)31-19-5-2-4-18(13-19)26(27,28)29/h2,4-5,8-13,15,25,31,34H,3,6-7H2,1H3. The first-order chi connectivity index (χ1) is 16.7. The predicted octanol–water partition coefficient (Wildman–Crippen LogP) is 6.32. The second-order valence-corrected chi connectivity index (χ2v) is 8.27. The molecule has 180 valence electrons. The number of hydrogen-bond acceptors (Lipinski definition) is 6. The maximum atomic E-state index is 13.2. The number of ketones is 1. The van der Waals surface area contributed by atoms with E-state index >= 15 is 0 Å². The first kappa shape index (κ1) is 24.3. The molecule has 35 heavy (non-hydrogen) atoms. The van der Waals surface area contributed by atoms with Gasteiger partial charge in [0, 0.05) is 36.0 Å². The number of carbonyl (C=O) groups excluding carboxylic acids is 1. The fourth-order valence-corrected chi connectivity index (χ4v) is 4.33. The van der Waals surface area contributed by atoms with E-state index in [4.69, 9.17) is 4.42 Å². The molecule has 0 spiro atoms. The summed E-state index contributed by atoms with van der Waals surface area (Å²) in [4.78, 5) is 13.2.